The van der Waals surface area contributed by atoms with Crippen molar-refractivity contribution in [2.75, 3.05) is 11.9 Å². The molecular formula is C20H19BrClN3O3S. The van der Waals surface area contributed by atoms with Crippen molar-refractivity contribution in [3.63, 3.8) is 0 Å². The number of anilines is 1. The molecule has 0 saturated carbocycles. The molecule has 6 nitrogen and oxygen atoms in total. The normalized spacial score (nSPS) is 16.1. The van der Waals surface area contributed by atoms with Crippen molar-refractivity contribution >= 4 is 56.5 Å². The third kappa shape index (κ3) is 4.49. The molecule has 0 aliphatic carbocycles. The van der Waals surface area contributed by atoms with Crippen LogP contribution >= 0.6 is 39.7 Å². The Labute approximate surface area is 187 Å². The van der Waals surface area contributed by atoms with Gasteiger partial charge in [0.15, 0.2) is 16.6 Å². The fourth-order valence-corrected chi connectivity index (χ4v) is 3.98. The van der Waals surface area contributed by atoms with E-state index in [1.54, 1.807) is 25.1 Å². The van der Waals surface area contributed by atoms with E-state index in [0.29, 0.717) is 34.2 Å². The number of phenols is 1. The lowest BCUT2D eigenvalue weighted by Crippen LogP contribution is -2.45. The third-order valence-electron chi connectivity index (χ3n) is 4.33. The number of rotatable bonds is 5. The highest BCUT2D eigenvalue weighted by molar-refractivity contribution is 9.10. The maximum atomic E-state index is 13.1. The number of phenolic OH excluding ortho intramolecular Hbond substituents is 1. The number of carbonyl (C=O) groups is 1. The van der Waals surface area contributed by atoms with E-state index in [1.165, 1.54) is 0 Å². The molecule has 2 aromatic rings. The fraction of sp³-hybridized carbons (Fsp3) is 0.200. The van der Waals surface area contributed by atoms with Gasteiger partial charge in [-0.05, 0) is 60.2 Å². The van der Waals surface area contributed by atoms with Gasteiger partial charge in [0.1, 0.15) is 0 Å². The lowest BCUT2D eigenvalue weighted by molar-refractivity contribution is -0.113. The van der Waals surface area contributed by atoms with E-state index in [0.717, 1.165) is 0 Å². The van der Waals surface area contributed by atoms with Gasteiger partial charge in [0.2, 0.25) is 0 Å². The van der Waals surface area contributed by atoms with Crippen LogP contribution in [0.5, 0.6) is 11.5 Å². The first-order valence-electron chi connectivity index (χ1n) is 8.81. The number of nitrogens with one attached hydrogen (secondary N) is 3. The second kappa shape index (κ2) is 9.02. The molecule has 0 spiro atoms. The van der Waals surface area contributed by atoms with E-state index in [9.17, 15) is 9.90 Å². The summed E-state index contributed by atoms with van der Waals surface area (Å²) in [7, 11) is 0. The van der Waals surface area contributed by atoms with Gasteiger partial charge in [0, 0.05) is 16.9 Å². The predicted molar refractivity (Wildman–Crippen MR) is 121 cm³/mol. The summed E-state index contributed by atoms with van der Waals surface area (Å²) in [5.74, 6) is -0.155. The van der Waals surface area contributed by atoms with Gasteiger partial charge < -0.3 is 25.8 Å². The summed E-state index contributed by atoms with van der Waals surface area (Å²) >= 11 is 15.1. The second-order valence-electron chi connectivity index (χ2n) is 6.26. The Bertz CT molecular complexity index is 998. The first kappa shape index (κ1) is 21.4. The zero-order valence-electron chi connectivity index (χ0n) is 15.7. The van der Waals surface area contributed by atoms with Crippen molar-refractivity contribution in [1.82, 2.24) is 10.6 Å². The van der Waals surface area contributed by atoms with Crippen LogP contribution < -0.4 is 20.7 Å². The monoisotopic (exact) mass is 495 g/mol. The lowest BCUT2D eigenvalue weighted by atomic mass is 9.94. The number of hydrogen-bond donors (Lipinski definition) is 4. The van der Waals surface area contributed by atoms with Gasteiger partial charge in [-0.2, -0.15) is 0 Å². The first-order valence-corrected chi connectivity index (χ1v) is 10.4. The van der Waals surface area contributed by atoms with E-state index < -0.39 is 6.04 Å². The minimum Gasteiger partial charge on any atom is -0.503 e. The molecule has 0 bridgehead atoms. The van der Waals surface area contributed by atoms with E-state index >= 15 is 0 Å². The minimum atomic E-state index is -0.643. The van der Waals surface area contributed by atoms with Crippen molar-refractivity contribution in [2.24, 2.45) is 0 Å². The molecule has 9 heteroatoms. The Balaban J connectivity index is 2.07. The summed E-state index contributed by atoms with van der Waals surface area (Å²) in [5, 5.41) is 19.9. The summed E-state index contributed by atoms with van der Waals surface area (Å²) in [6.07, 6.45) is 0. The molecule has 1 heterocycles. The Morgan fingerprint density at radius 1 is 1.38 bits per heavy atom. The Kier molecular flexibility index (Phi) is 6.66. The zero-order valence-corrected chi connectivity index (χ0v) is 18.8. The van der Waals surface area contributed by atoms with Crippen molar-refractivity contribution in [3.8, 4) is 11.5 Å². The van der Waals surface area contributed by atoms with Gasteiger partial charge in [-0.15, -0.1) is 0 Å². The second-order valence-corrected chi connectivity index (χ2v) is 7.84. The largest absolute Gasteiger partial charge is 0.503 e. The summed E-state index contributed by atoms with van der Waals surface area (Å²) in [4.78, 5) is 13.1. The van der Waals surface area contributed by atoms with Crippen LogP contribution in [0.15, 0.2) is 52.1 Å². The first-order chi connectivity index (χ1) is 13.8. The van der Waals surface area contributed by atoms with Gasteiger partial charge in [-0.25, -0.2) is 0 Å². The number of halogens is 2. The SMILES string of the molecule is CCOc1cc(C2NC(=S)NC(C)=C2C(=O)Nc2ccccc2)c(Cl)c(Br)c1O. The van der Waals surface area contributed by atoms with Crippen LogP contribution in [-0.2, 0) is 4.79 Å². The van der Waals surface area contributed by atoms with Crippen molar-refractivity contribution in [2.45, 2.75) is 19.9 Å². The van der Waals surface area contributed by atoms with Crippen LogP contribution in [-0.4, -0.2) is 22.7 Å². The average molecular weight is 497 g/mol. The molecule has 1 aliphatic rings. The van der Waals surface area contributed by atoms with Crippen molar-refractivity contribution in [3.05, 3.63) is 62.7 Å². The van der Waals surface area contributed by atoms with Crippen LogP contribution in [0, 0.1) is 0 Å². The number of para-hydroxylation sites is 1. The molecule has 152 valence electrons. The molecule has 0 saturated heterocycles. The standard InChI is InChI=1S/C20H19BrClN3O3S/c1-3-28-13-9-12(16(22)15(21)18(13)26)17-14(10(2)23-20(29)25-17)19(27)24-11-7-5-4-6-8-11/h4-9,17,26H,3H2,1-2H3,(H,24,27)(H2,23,25,29). The molecular weight excluding hydrogens is 478 g/mol. The number of benzene rings is 2. The quantitative estimate of drug-likeness (QED) is 0.452. The van der Waals surface area contributed by atoms with Crippen LogP contribution in [0.3, 0.4) is 0 Å². The molecule has 0 radical (unpaired) electrons. The van der Waals surface area contributed by atoms with Gasteiger partial charge in [0.25, 0.3) is 5.91 Å². The van der Waals surface area contributed by atoms with Gasteiger partial charge >= 0.3 is 0 Å². The highest BCUT2D eigenvalue weighted by Crippen LogP contribution is 2.45. The molecule has 0 fully saturated rings. The van der Waals surface area contributed by atoms with E-state index in [-0.39, 0.29) is 26.9 Å². The number of thiocarbonyl (C=S) groups is 1. The highest BCUT2D eigenvalue weighted by Gasteiger charge is 2.33. The summed E-state index contributed by atoms with van der Waals surface area (Å²) in [6, 6.07) is 10.1. The van der Waals surface area contributed by atoms with Crippen molar-refractivity contribution in [1.29, 1.82) is 0 Å². The summed E-state index contributed by atoms with van der Waals surface area (Å²) < 4.78 is 5.80. The molecule has 1 amide bonds. The number of hydrogen-bond acceptors (Lipinski definition) is 4. The molecule has 2 aromatic carbocycles. The molecule has 1 aliphatic heterocycles. The van der Waals surface area contributed by atoms with Crippen LogP contribution in [0.25, 0.3) is 0 Å². The summed E-state index contributed by atoms with van der Waals surface area (Å²) in [6.45, 7) is 3.94. The fourth-order valence-electron chi connectivity index (χ4n) is 3.04. The summed E-state index contributed by atoms with van der Waals surface area (Å²) in [5.41, 5.74) is 2.23. The highest BCUT2D eigenvalue weighted by atomic mass is 79.9. The number of aromatic hydroxyl groups is 1. The van der Waals surface area contributed by atoms with Gasteiger partial charge in [-0.1, -0.05) is 29.8 Å². The Morgan fingerprint density at radius 3 is 2.72 bits per heavy atom. The number of allylic oxidation sites excluding steroid dienone is 1. The third-order valence-corrected chi connectivity index (χ3v) is 5.96. The maximum Gasteiger partial charge on any atom is 0.255 e. The van der Waals surface area contributed by atoms with Crippen LogP contribution in [0.1, 0.15) is 25.5 Å². The Hall–Kier alpha value is -2.29. The van der Waals surface area contributed by atoms with E-state index in [2.05, 4.69) is 31.9 Å². The average Bonchev–Trinajstić information content (AvgIpc) is 2.68. The zero-order chi connectivity index (χ0) is 21.1. The van der Waals surface area contributed by atoms with Crippen molar-refractivity contribution < 1.29 is 14.6 Å². The molecule has 0 aromatic heterocycles. The molecule has 1 atom stereocenters. The molecule has 29 heavy (non-hydrogen) atoms. The number of ether oxygens (including phenoxy) is 1. The molecule has 1 unspecified atom stereocenters. The van der Waals surface area contributed by atoms with E-state index in [1.807, 2.05) is 25.1 Å². The number of carbonyl (C=O) groups excluding carboxylic acids is 1. The van der Waals surface area contributed by atoms with Crippen LogP contribution in [0.4, 0.5) is 5.69 Å². The Morgan fingerprint density at radius 2 is 2.07 bits per heavy atom. The van der Waals surface area contributed by atoms with Gasteiger partial charge in [0.05, 0.1) is 27.7 Å². The minimum absolute atomic E-state index is 0.104. The molecule has 3 rings (SSSR count). The topological polar surface area (TPSA) is 82.6 Å². The van der Waals surface area contributed by atoms with E-state index in [4.69, 9.17) is 28.6 Å². The maximum absolute atomic E-state index is 13.1. The number of amides is 1. The smallest absolute Gasteiger partial charge is 0.255 e. The van der Waals surface area contributed by atoms with Crippen LogP contribution in [0.2, 0.25) is 5.02 Å². The predicted octanol–water partition coefficient (Wildman–Crippen LogP) is 4.64. The molecule has 4 N–H and O–H groups in total. The lowest BCUT2D eigenvalue weighted by Gasteiger charge is -2.31. The van der Waals surface area contributed by atoms with Gasteiger partial charge in [-0.3, -0.25) is 4.79 Å².